The van der Waals surface area contributed by atoms with E-state index in [1.165, 1.54) is 17.0 Å². The third kappa shape index (κ3) is 4.57. The molecule has 2 N–H and O–H groups in total. The number of benzene rings is 1. The van der Waals surface area contributed by atoms with Crippen LogP contribution in [0.4, 0.5) is 0 Å². The number of carbonyl (C=O) groups excluding carboxylic acids is 1. The van der Waals surface area contributed by atoms with Gasteiger partial charge < -0.3 is 14.8 Å². The first kappa shape index (κ1) is 18.3. The summed E-state index contributed by atoms with van der Waals surface area (Å²) < 4.78 is 2.16. The number of aryl methyl sites for hydroxylation is 1. The van der Waals surface area contributed by atoms with Gasteiger partial charge in [0.25, 0.3) is 5.91 Å². The van der Waals surface area contributed by atoms with E-state index in [4.69, 9.17) is 23.2 Å². The van der Waals surface area contributed by atoms with E-state index < -0.39 is 0 Å². The lowest BCUT2D eigenvalue weighted by Crippen LogP contribution is -3.11. The maximum Gasteiger partial charge on any atom is 0.275 e. The maximum atomic E-state index is 12.3. The molecule has 4 nitrogen and oxygen atoms in total. The van der Waals surface area contributed by atoms with Crippen LogP contribution in [0.5, 0.6) is 0 Å². The molecule has 3 rings (SSSR count). The van der Waals surface area contributed by atoms with Crippen LogP contribution < -0.4 is 10.2 Å². The SMILES string of the molecule is Cn1cccc1[C@H]1CCC[NH+]1CC(=O)NCCc1ccc(Cl)cc1Cl. The van der Waals surface area contributed by atoms with Crippen LogP contribution in [-0.4, -0.2) is 30.1 Å². The second-order valence-corrected chi connectivity index (χ2v) is 7.50. The Hall–Kier alpha value is -1.49. The number of carbonyl (C=O) groups is 1. The summed E-state index contributed by atoms with van der Waals surface area (Å²) in [7, 11) is 2.07. The molecule has 1 amide bonds. The molecule has 0 bridgehead atoms. The number of halogens is 2. The van der Waals surface area contributed by atoms with Gasteiger partial charge >= 0.3 is 0 Å². The van der Waals surface area contributed by atoms with Crippen molar-refractivity contribution in [3.8, 4) is 0 Å². The van der Waals surface area contributed by atoms with Crippen molar-refractivity contribution in [2.24, 2.45) is 7.05 Å². The number of nitrogens with one attached hydrogen (secondary N) is 2. The first-order chi connectivity index (χ1) is 12.0. The van der Waals surface area contributed by atoms with Crippen LogP contribution in [0.1, 0.15) is 30.1 Å². The first-order valence-electron chi connectivity index (χ1n) is 8.71. The van der Waals surface area contributed by atoms with Gasteiger partial charge in [-0.2, -0.15) is 0 Å². The standard InChI is InChI=1S/C19H23Cl2N3O/c1-23-10-2-4-17(23)18-5-3-11-24(18)13-19(25)22-9-8-14-6-7-15(20)12-16(14)21/h2,4,6-7,10,12,18H,3,5,8-9,11,13H2,1H3,(H,22,25)/p+1/t18-/m1/s1. The molecule has 1 aliphatic rings. The lowest BCUT2D eigenvalue weighted by Gasteiger charge is -2.21. The van der Waals surface area contributed by atoms with Crippen molar-refractivity contribution in [2.75, 3.05) is 19.6 Å². The van der Waals surface area contributed by atoms with E-state index in [2.05, 4.69) is 35.3 Å². The van der Waals surface area contributed by atoms with E-state index in [0.717, 1.165) is 18.5 Å². The molecule has 1 aliphatic heterocycles. The molecular formula is C19H24Cl2N3O+. The molecule has 6 heteroatoms. The van der Waals surface area contributed by atoms with Crippen LogP contribution in [-0.2, 0) is 18.3 Å². The van der Waals surface area contributed by atoms with Gasteiger partial charge in [0.1, 0.15) is 6.04 Å². The van der Waals surface area contributed by atoms with Gasteiger partial charge in [0.15, 0.2) is 6.54 Å². The normalized spacial score (nSPS) is 20.0. The lowest BCUT2D eigenvalue weighted by molar-refractivity contribution is -0.911. The predicted molar refractivity (Wildman–Crippen MR) is 101 cm³/mol. The molecule has 0 spiro atoms. The summed E-state index contributed by atoms with van der Waals surface area (Å²) >= 11 is 12.1. The van der Waals surface area contributed by atoms with Crippen molar-refractivity contribution in [2.45, 2.75) is 25.3 Å². The number of hydrogen-bond acceptors (Lipinski definition) is 1. The minimum absolute atomic E-state index is 0.0983. The summed E-state index contributed by atoms with van der Waals surface area (Å²) in [6.45, 7) is 2.15. The van der Waals surface area contributed by atoms with E-state index in [1.54, 1.807) is 6.07 Å². The highest BCUT2D eigenvalue weighted by atomic mass is 35.5. The Balaban J connectivity index is 1.50. The molecule has 1 fully saturated rings. The molecule has 1 unspecified atom stereocenters. The number of quaternary nitrogens is 1. The molecule has 2 aromatic rings. The smallest absolute Gasteiger partial charge is 0.275 e. The lowest BCUT2D eigenvalue weighted by atomic mass is 10.1. The molecule has 0 aliphatic carbocycles. The van der Waals surface area contributed by atoms with Gasteiger partial charge in [0, 0.05) is 42.7 Å². The Morgan fingerprint density at radius 2 is 2.20 bits per heavy atom. The van der Waals surface area contributed by atoms with Gasteiger partial charge in [-0.05, 0) is 36.2 Å². The third-order valence-electron chi connectivity index (χ3n) is 4.94. The van der Waals surface area contributed by atoms with Crippen LogP contribution in [0.3, 0.4) is 0 Å². The van der Waals surface area contributed by atoms with Gasteiger partial charge in [-0.1, -0.05) is 29.3 Å². The Kier molecular flexibility index (Phi) is 6.05. The number of hydrogen-bond donors (Lipinski definition) is 2. The zero-order valence-corrected chi connectivity index (χ0v) is 15.9. The number of likely N-dealkylation sites (tertiary alicyclic amines) is 1. The molecule has 2 heterocycles. The minimum Gasteiger partial charge on any atom is -0.351 e. The van der Waals surface area contributed by atoms with E-state index in [0.29, 0.717) is 35.6 Å². The van der Waals surface area contributed by atoms with Crippen LogP contribution >= 0.6 is 23.2 Å². The van der Waals surface area contributed by atoms with Crippen molar-refractivity contribution in [1.82, 2.24) is 9.88 Å². The molecule has 2 atom stereocenters. The zero-order chi connectivity index (χ0) is 17.8. The van der Waals surface area contributed by atoms with Crippen molar-refractivity contribution in [3.05, 3.63) is 57.8 Å². The van der Waals surface area contributed by atoms with Gasteiger partial charge in [-0.3, -0.25) is 4.79 Å². The summed E-state index contributed by atoms with van der Waals surface area (Å²) in [4.78, 5) is 13.7. The fraction of sp³-hybridized carbons (Fsp3) is 0.421. The van der Waals surface area contributed by atoms with E-state index >= 15 is 0 Å². The predicted octanol–water partition coefficient (Wildman–Crippen LogP) is 2.41. The zero-order valence-electron chi connectivity index (χ0n) is 14.4. The number of nitrogens with zero attached hydrogens (tertiary/aromatic N) is 1. The van der Waals surface area contributed by atoms with E-state index in [9.17, 15) is 4.79 Å². The van der Waals surface area contributed by atoms with Crippen LogP contribution in [0, 0.1) is 0 Å². The van der Waals surface area contributed by atoms with Gasteiger partial charge in [0.05, 0.1) is 12.2 Å². The average molecular weight is 381 g/mol. The van der Waals surface area contributed by atoms with Crippen molar-refractivity contribution in [3.63, 3.8) is 0 Å². The summed E-state index contributed by atoms with van der Waals surface area (Å²) in [5.41, 5.74) is 2.31. The van der Waals surface area contributed by atoms with Gasteiger partial charge in [-0.25, -0.2) is 0 Å². The van der Waals surface area contributed by atoms with Crippen molar-refractivity contribution >= 4 is 29.1 Å². The van der Waals surface area contributed by atoms with Crippen molar-refractivity contribution < 1.29 is 9.69 Å². The summed E-state index contributed by atoms with van der Waals surface area (Å²) in [6, 6.07) is 10.1. The second kappa shape index (κ2) is 8.26. The highest BCUT2D eigenvalue weighted by Crippen LogP contribution is 2.21. The quantitative estimate of drug-likeness (QED) is 0.793. The number of rotatable bonds is 6. The molecular weight excluding hydrogens is 357 g/mol. The molecule has 0 radical (unpaired) electrons. The molecule has 134 valence electrons. The van der Waals surface area contributed by atoms with E-state index in [-0.39, 0.29) is 5.91 Å². The number of amides is 1. The second-order valence-electron chi connectivity index (χ2n) is 6.66. The molecule has 25 heavy (non-hydrogen) atoms. The van der Waals surface area contributed by atoms with Crippen molar-refractivity contribution in [1.29, 1.82) is 0 Å². The van der Waals surface area contributed by atoms with Crippen LogP contribution in [0.15, 0.2) is 36.5 Å². The van der Waals surface area contributed by atoms with Gasteiger partial charge in [-0.15, -0.1) is 0 Å². The fourth-order valence-electron chi connectivity index (χ4n) is 3.65. The topological polar surface area (TPSA) is 38.5 Å². The first-order valence-corrected chi connectivity index (χ1v) is 9.46. The Morgan fingerprint density at radius 3 is 2.92 bits per heavy atom. The molecule has 0 saturated carbocycles. The molecule has 1 aromatic heterocycles. The maximum absolute atomic E-state index is 12.3. The largest absolute Gasteiger partial charge is 0.351 e. The van der Waals surface area contributed by atoms with Gasteiger partial charge in [0.2, 0.25) is 0 Å². The highest BCUT2D eigenvalue weighted by molar-refractivity contribution is 6.35. The fourth-order valence-corrected chi connectivity index (χ4v) is 4.15. The molecule has 1 saturated heterocycles. The van der Waals surface area contributed by atoms with E-state index in [1.807, 2.05) is 12.1 Å². The average Bonchev–Trinajstić information content (AvgIpc) is 3.18. The van der Waals surface area contributed by atoms with Crippen LogP contribution in [0.2, 0.25) is 10.0 Å². The monoisotopic (exact) mass is 380 g/mol. The Bertz CT molecular complexity index is 744. The summed E-state index contributed by atoms with van der Waals surface area (Å²) in [5, 5.41) is 4.30. The molecule has 1 aromatic carbocycles. The third-order valence-corrected chi connectivity index (χ3v) is 5.53. The summed E-state index contributed by atoms with van der Waals surface area (Å²) in [6.07, 6.45) is 5.08. The number of aromatic nitrogens is 1. The minimum atomic E-state index is 0.0983. The summed E-state index contributed by atoms with van der Waals surface area (Å²) in [5.74, 6) is 0.0983. The highest BCUT2D eigenvalue weighted by Gasteiger charge is 2.32. The Morgan fingerprint density at radius 1 is 1.36 bits per heavy atom. The van der Waals surface area contributed by atoms with Crippen LogP contribution in [0.25, 0.3) is 0 Å². The Labute approximate surface area is 158 Å².